The quantitative estimate of drug-likeness (QED) is 0.0743. The summed E-state index contributed by atoms with van der Waals surface area (Å²) >= 11 is 0. The lowest BCUT2D eigenvalue weighted by Gasteiger charge is -2.43. The molecule has 2 fully saturated rings. The van der Waals surface area contributed by atoms with Crippen molar-refractivity contribution in [2.75, 3.05) is 19.8 Å². The van der Waals surface area contributed by atoms with Gasteiger partial charge in [0, 0.05) is 0 Å². The highest BCUT2D eigenvalue weighted by Gasteiger charge is 2.48. The van der Waals surface area contributed by atoms with Gasteiger partial charge in [0.15, 0.2) is 24.0 Å². The Hall–Kier alpha value is -1.45. The third-order valence-electron chi connectivity index (χ3n) is 6.43. The van der Waals surface area contributed by atoms with Crippen LogP contribution in [0.4, 0.5) is 0 Å². The molecule has 0 aromatic heterocycles. The smallest absolute Gasteiger partial charge is 0.193 e. The Balaban J connectivity index is 2.01. The van der Waals surface area contributed by atoms with E-state index in [1.54, 1.807) is 0 Å². The Labute approximate surface area is 216 Å². The molecule has 0 amide bonds. The van der Waals surface area contributed by atoms with Crippen LogP contribution in [0.5, 0.6) is 0 Å². The van der Waals surface area contributed by atoms with Crippen molar-refractivity contribution in [3.63, 3.8) is 0 Å². The zero-order valence-corrected chi connectivity index (χ0v) is 20.2. The highest BCUT2D eigenvalue weighted by molar-refractivity contribution is 5.98. The molecule has 2 aliphatic heterocycles. The lowest BCUT2D eigenvalue weighted by atomic mass is 9.86. The maximum absolute atomic E-state index is 11.8. The molecule has 220 valence electrons. The normalized spacial score (nSPS) is 40.0. The molecule has 0 radical (unpaired) electrons. The first-order chi connectivity index (χ1) is 17.7. The monoisotopic (exact) mass is 556 g/mol. The van der Waals surface area contributed by atoms with Gasteiger partial charge in [0.05, 0.1) is 19.8 Å². The second-order valence-electron chi connectivity index (χ2n) is 8.98. The van der Waals surface area contributed by atoms with Gasteiger partial charge >= 0.3 is 0 Å². The van der Waals surface area contributed by atoms with Crippen molar-refractivity contribution in [2.24, 2.45) is 0 Å². The van der Waals surface area contributed by atoms with E-state index in [9.17, 15) is 61.0 Å². The van der Waals surface area contributed by atoms with Crippen molar-refractivity contribution in [1.29, 1.82) is 0 Å². The van der Waals surface area contributed by atoms with Crippen LogP contribution < -0.4 is 0 Å². The standard InChI is InChI=1S/C22H36O16/c1-3-11(25)22(34,4-2)19(33)12(26)8(24)6-35-20-18(32)16(30)14(28)10(38-20)7-36-21-17(31)15(29)13(27)9(5-23)37-21/h3-4,8-10,12-21,23-24,26-34H,1-2,5-7H2/t8-,9-,10-,12-,13-,14-,15+,16+,17-,18-,19+,20+,21+,22+/m1/s1. The molecule has 0 spiro atoms. The molecule has 0 aromatic rings. The predicted molar refractivity (Wildman–Crippen MR) is 121 cm³/mol. The Kier molecular flexibility index (Phi) is 11.9. The van der Waals surface area contributed by atoms with E-state index < -0.39 is 111 Å². The van der Waals surface area contributed by atoms with Crippen LogP contribution in [0.15, 0.2) is 25.3 Å². The van der Waals surface area contributed by atoms with Crippen LogP contribution in [0, 0.1) is 0 Å². The third kappa shape index (κ3) is 6.81. The molecule has 2 heterocycles. The van der Waals surface area contributed by atoms with Gasteiger partial charge in [-0.15, -0.1) is 0 Å². The average Bonchev–Trinajstić information content (AvgIpc) is 2.92. The summed E-state index contributed by atoms with van der Waals surface area (Å²) in [5.74, 6) is -1.11. The van der Waals surface area contributed by atoms with E-state index in [0.717, 1.165) is 0 Å². The van der Waals surface area contributed by atoms with E-state index in [1.165, 1.54) is 0 Å². The van der Waals surface area contributed by atoms with Gasteiger partial charge < -0.3 is 75.1 Å². The molecule has 11 N–H and O–H groups in total. The van der Waals surface area contributed by atoms with E-state index in [-0.39, 0.29) is 0 Å². The van der Waals surface area contributed by atoms with E-state index in [1.807, 2.05) is 0 Å². The fourth-order valence-corrected chi connectivity index (χ4v) is 3.88. The fraction of sp³-hybridized carbons (Fsp3) is 0.773. The molecule has 2 aliphatic rings. The third-order valence-corrected chi connectivity index (χ3v) is 6.43. The van der Waals surface area contributed by atoms with Gasteiger partial charge in [-0.2, -0.15) is 0 Å². The first-order valence-corrected chi connectivity index (χ1v) is 11.5. The molecule has 2 saturated heterocycles. The van der Waals surface area contributed by atoms with Gasteiger partial charge in [0.25, 0.3) is 0 Å². The van der Waals surface area contributed by atoms with Crippen molar-refractivity contribution >= 4 is 5.78 Å². The predicted octanol–water partition coefficient (Wildman–Crippen LogP) is -6.62. The van der Waals surface area contributed by atoms with Crippen LogP contribution in [0.1, 0.15) is 0 Å². The Morgan fingerprint density at radius 2 is 1.34 bits per heavy atom. The van der Waals surface area contributed by atoms with Crippen molar-refractivity contribution in [3.05, 3.63) is 25.3 Å². The first kappa shape index (κ1) is 32.8. The number of rotatable bonds is 13. The Morgan fingerprint density at radius 3 is 1.84 bits per heavy atom. The van der Waals surface area contributed by atoms with Gasteiger partial charge in [-0.1, -0.05) is 13.2 Å². The molecule has 14 atom stereocenters. The van der Waals surface area contributed by atoms with E-state index in [0.29, 0.717) is 12.2 Å². The Morgan fingerprint density at radius 1 is 0.842 bits per heavy atom. The van der Waals surface area contributed by atoms with Crippen LogP contribution in [-0.4, -0.2) is 167 Å². The molecule has 16 heteroatoms. The van der Waals surface area contributed by atoms with Crippen molar-refractivity contribution < 1.29 is 79.9 Å². The SMILES string of the molecule is C=CC(=O)[C@@](O)(C=C)[C@@H](O)[C@H](O)[C@H](O)CO[C@H]1O[C@H](CO[C@H]2O[C@H](CO)[C@@H](O)[C@H](O)[C@H]2O)[C@@H](O)[C@H](O)[C@H]1O. The summed E-state index contributed by atoms with van der Waals surface area (Å²) in [6, 6.07) is 0. The van der Waals surface area contributed by atoms with Crippen molar-refractivity contribution in [1.82, 2.24) is 0 Å². The second kappa shape index (κ2) is 13.8. The van der Waals surface area contributed by atoms with Crippen LogP contribution in [0.3, 0.4) is 0 Å². The molecule has 0 saturated carbocycles. The number of carbonyl (C=O) groups excluding carboxylic acids is 1. The molecule has 16 nitrogen and oxygen atoms in total. The minimum absolute atomic E-state index is 0.632. The Bertz CT molecular complexity index is 795. The molecule has 2 rings (SSSR count). The minimum Gasteiger partial charge on any atom is -0.394 e. The molecule has 0 aliphatic carbocycles. The number of hydrogen-bond acceptors (Lipinski definition) is 16. The summed E-state index contributed by atoms with van der Waals surface area (Å²) in [5.41, 5.74) is -2.68. The number of aliphatic hydroxyl groups excluding tert-OH is 10. The van der Waals surface area contributed by atoms with Crippen LogP contribution >= 0.6 is 0 Å². The number of ether oxygens (including phenoxy) is 4. The fourth-order valence-electron chi connectivity index (χ4n) is 3.88. The highest BCUT2D eigenvalue weighted by Crippen LogP contribution is 2.26. The largest absolute Gasteiger partial charge is 0.394 e. The van der Waals surface area contributed by atoms with E-state index >= 15 is 0 Å². The summed E-state index contributed by atoms with van der Waals surface area (Å²) < 4.78 is 21.0. The minimum atomic E-state index is -2.68. The zero-order chi connectivity index (χ0) is 28.9. The van der Waals surface area contributed by atoms with E-state index in [4.69, 9.17) is 18.9 Å². The zero-order valence-electron chi connectivity index (χ0n) is 20.2. The summed E-state index contributed by atoms with van der Waals surface area (Å²) in [6.07, 6.45) is -21.8. The highest BCUT2D eigenvalue weighted by atomic mass is 16.7. The lowest BCUT2D eigenvalue weighted by Crippen LogP contribution is -2.62. The first-order valence-electron chi connectivity index (χ1n) is 11.5. The van der Waals surface area contributed by atoms with Crippen LogP contribution in [-0.2, 0) is 23.7 Å². The topological polar surface area (TPSA) is 277 Å². The molecule has 0 bridgehead atoms. The van der Waals surface area contributed by atoms with Gasteiger partial charge in [0.2, 0.25) is 0 Å². The van der Waals surface area contributed by atoms with Crippen molar-refractivity contribution in [3.8, 4) is 0 Å². The van der Waals surface area contributed by atoms with Crippen LogP contribution in [0.2, 0.25) is 0 Å². The van der Waals surface area contributed by atoms with Gasteiger partial charge in [-0.3, -0.25) is 4.79 Å². The van der Waals surface area contributed by atoms with Crippen LogP contribution in [0.25, 0.3) is 0 Å². The maximum atomic E-state index is 11.8. The maximum Gasteiger partial charge on any atom is 0.193 e. The summed E-state index contributed by atoms with van der Waals surface area (Å²) in [4.78, 5) is 11.8. The average molecular weight is 557 g/mol. The second-order valence-corrected chi connectivity index (χ2v) is 8.98. The van der Waals surface area contributed by atoms with Gasteiger partial charge in [-0.25, -0.2) is 0 Å². The summed E-state index contributed by atoms with van der Waals surface area (Å²) in [6.45, 7) is 4.14. The molecular weight excluding hydrogens is 520 g/mol. The van der Waals surface area contributed by atoms with Crippen molar-refractivity contribution in [2.45, 2.75) is 85.3 Å². The summed E-state index contributed by atoms with van der Waals surface area (Å²) in [7, 11) is 0. The molecule has 0 aromatic carbocycles. The van der Waals surface area contributed by atoms with Gasteiger partial charge in [-0.05, 0) is 12.2 Å². The summed E-state index contributed by atoms with van der Waals surface area (Å²) in [5, 5.41) is 110. The molecule has 38 heavy (non-hydrogen) atoms. The lowest BCUT2D eigenvalue weighted by molar-refractivity contribution is -0.333. The number of carbonyl (C=O) groups is 1. The van der Waals surface area contributed by atoms with E-state index in [2.05, 4.69) is 13.2 Å². The van der Waals surface area contributed by atoms with Gasteiger partial charge in [0.1, 0.15) is 67.1 Å². The number of hydrogen-bond donors (Lipinski definition) is 11. The number of ketones is 1. The molecule has 0 unspecified atom stereocenters. The number of aliphatic hydroxyl groups is 11. The molecular formula is C22H36O16.